The molecule has 2 aliphatic carbocycles. The summed E-state index contributed by atoms with van der Waals surface area (Å²) in [5.74, 6) is 0.0801. The molecule has 8 rings (SSSR count). The van der Waals surface area contributed by atoms with E-state index in [1.165, 1.54) is 7.11 Å². The van der Waals surface area contributed by atoms with Crippen molar-refractivity contribution in [1.82, 2.24) is 4.90 Å². The van der Waals surface area contributed by atoms with Gasteiger partial charge >= 0.3 is 6.09 Å². The third-order valence-corrected chi connectivity index (χ3v) is 13.5. The molecule has 4 aromatic rings. The molecule has 1 fully saturated rings. The lowest BCUT2D eigenvalue weighted by Gasteiger charge is -2.60. The van der Waals surface area contributed by atoms with E-state index in [2.05, 4.69) is 18.0 Å². The lowest BCUT2D eigenvalue weighted by atomic mass is 9.55. The zero-order chi connectivity index (χ0) is 48.3. The topological polar surface area (TPSA) is 176 Å². The zero-order valence-electron chi connectivity index (χ0n) is 39.6. The van der Waals surface area contributed by atoms with Gasteiger partial charge < -0.3 is 53.1 Å². The number of carbonyl (C=O) groups is 2. The molecule has 0 spiro atoms. The summed E-state index contributed by atoms with van der Waals surface area (Å²) >= 11 is 0. The predicted octanol–water partition coefficient (Wildman–Crippen LogP) is 9.43. The molecule has 69 heavy (non-hydrogen) atoms. The van der Waals surface area contributed by atoms with Crippen LogP contribution in [0.1, 0.15) is 85.7 Å². The summed E-state index contributed by atoms with van der Waals surface area (Å²) in [6.45, 7) is 6.93. The number of rotatable bonds is 22. The number of nitrogens with zero attached hydrogens (tertiary/aromatic N) is 2. The number of aliphatic hydroxyl groups excluding tert-OH is 2. The number of fused-ring (bicyclic) bond motifs is 3. The number of anilines is 1. The number of carbonyl (C=O) groups excluding carboxylic acids is 2. The third-order valence-electron chi connectivity index (χ3n) is 13.5. The minimum absolute atomic E-state index is 0.0113. The fourth-order valence-corrected chi connectivity index (χ4v) is 10.5. The van der Waals surface area contributed by atoms with Crippen molar-refractivity contribution in [2.45, 2.75) is 82.6 Å². The SMILES string of the molecule is C=CCO[C@@]12Oc3ccc(OC(=O)Nc4ccc(OC)cc4OC)cc3[C@H]3[C@H](CCCCO)[C@@H](CCCCO)C=C(C(=NOCc4ccccc4)C[C@@H]1N(CCC)C(=O)c1ccc4c(c1)OCO4)[C@H]32. The second-order valence-corrected chi connectivity index (χ2v) is 17.7. The van der Waals surface area contributed by atoms with Gasteiger partial charge in [-0.2, -0.15) is 0 Å². The summed E-state index contributed by atoms with van der Waals surface area (Å²) in [7, 11) is 3.05. The highest BCUT2D eigenvalue weighted by Crippen LogP contribution is 2.62. The largest absolute Gasteiger partial charge is 0.497 e. The van der Waals surface area contributed by atoms with Gasteiger partial charge in [0, 0.05) is 49.3 Å². The first-order chi connectivity index (χ1) is 33.7. The van der Waals surface area contributed by atoms with E-state index in [0.717, 1.165) is 42.4 Å². The van der Waals surface area contributed by atoms with Gasteiger partial charge in [0.25, 0.3) is 5.91 Å². The van der Waals surface area contributed by atoms with Crippen LogP contribution in [0, 0.1) is 17.8 Å². The number of aliphatic hydroxyl groups is 2. The Morgan fingerprint density at radius 3 is 2.42 bits per heavy atom. The Labute approximate surface area is 403 Å². The standard InChI is InChI=1S/C54H63N3O12/c1-5-24-57(52(60)37-18-22-46-48(29-37)65-34-64-46)49-32-44(56-67-33-35-14-8-7-9-15-35)41-28-36(16-10-12-25-58)40(17-11-13-26-59)50-42-30-39(20-23-45(42)69-54(49,51(41)50)66-27-6-2)68-53(61)55-43-21-19-38(62-3)31-47(43)63-4/h6-9,14-15,18-23,28-31,36,40,49-51,58-59H,2,5,10-13,16-17,24-27,32-34H2,1,3-4H3,(H,55,61)/t36-,40+,49-,50+,51+,54+/m0/s1. The number of hydrogen-bond acceptors (Lipinski definition) is 13. The lowest BCUT2D eigenvalue weighted by Crippen LogP contribution is -2.70. The smallest absolute Gasteiger partial charge is 0.417 e. The minimum Gasteiger partial charge on any atom is -0.497 e. The number of methoxy groups -OCH3 is 2. The molecule has 2 heterocycles. The van der Waals surface area contributed by atoms with Crippen LogP contribution in [0.4, 0.5) is 10.5 Å². The van der Waals surface area contributed by atoms with Crippen molar-refractivity contribution in [3.63, 3.8) is 0 Å². The van der Waals surface area contributed by atoms with E-state index in [-0.39, 0.29) is 69.1 Å². The Bertz CT molecular complexity index is 2500. The van der Waals surface area contributed by atoms with Crippen LogP contribution in [-0.2, 0) is 16.2 Å². The average molecular weight is 946 g/mol. The Hall–Kier alpha value is -6.55. The first-order valence-electron chi connectivity index (χ1n) is 23.9. The predicted molar refractivity (Wildman–Crippen MR) is 259 cm³/mol. The number of amides is 2. The highest BCUT2D eigenvalue weighted by Gasteiger charge is 2.65. The quantitative estimate of drug-likeness (QED) is 0.0387. The molecular weight excluding hydrogens is 883 g/mol. The maximum Gasteiger partial charge on any atom is 0.417 e. The fraction of sp³-hybridized carbons (Fsp3) is 0.426. The molecule has 15 heteroatoms. The molecule has 366 valence electrons. The maximum absolute atomic E-state index is 15.2. The number of benzene rings is 4. The van der Waals surface area contributed by atoms with E-state index in [1.807, 2.05) is 48.2 Å². The van der Waals surface area contributed by atoms with E-state index < -0.39 is 23.8 Å². The molecule has 2 amide bonds. The second kappa shape index (κ2) is 22.7. The first-order valence-corrected chi connectivity index (χ1v) is 23.9. The fourth-order valence-electron chi connectivity index (χ4n) is 10.5. The van der Waals surface area contributed by atoms with Crippen molar-refractivity contribution in [3.05, 3.63) is 126 Å². The molecule has 0 bridgehead atoms. The van der Waals surface area contributed by atoms with Crippen molar-refractivity contribution < 1.29 is 57.8 Å². The summed E-state index contributed by atoms with van der Waals surface area (Å²) in [6, 6.07) is 24.7. The van der Waals surface area contributed by atoms with Crippen LogP contribution in [0.25, 0.3) is 0 Å². The van der Waals surface area contributed by atoms with Gasteiger partial charge in [-0.1, -0.05) is 67.4 Å². The number of nitrogens with one attached hydrogen (secondary N) is 1. The van der Waals surface area contributed by atoms with Gasteiger partial charge in [-0.3, -0.25) is 10.1 Å². The molecule has 0 saturated heterocycles. The Morgan fingerprint density at radius 2 is 1.67 bits per heavy atom. The van der Waals surface area contributed by atoms with E-state index in [4.69, 9.17) is 43.2 Å². The highest BCUT2D eigenvalue weighted by atomic mass is 16.7. The van der Waals surface area contributed by atoms with Gasteiger partial charge in [0.05, 0.1) is 38.1 Å². The van der Waals surface area contributed by atoms with E-state index in [1.54, 1.807) is 61.7 Å². The molecule has 2 aliphatic heterocycles. The summed E-state index contributed by atoms with van der Waals surface area (Å²) in [4.78, 5) is 37.0. The molecule has 4 aliphatic rings. The van der Waals surface area contributed by atoms with Gasteiger partial charge in [0.1, 0.15) is 35.6 Å². The third kappa shape index (κ3) is 10.6. The van der Waals surface area contributed by atoms with Crippen LogP contribution in [0.15, 0.2) is 114 Å². The summed E-state index contributed by atoms with van der Waals surface area (Å²) in [6.07, 6.45) is 8.33. The molecule has 3 N–H and O–H groups in total. The van der Waals surface area contributed by atoms with E-state index in [9.17, 15) is 15.0 Å². The van der Waals surface area contributed by atoms with Gasteiger partial charge in [0.15, 0.2) is 11.5 Å². The molecule has 0 unspecified atom stereocenters. The molecule has 4 aromatic carbocycles. The van der Waals surface area contributed by atoms with Crippen molar-refractivity contribution in [2.24, 2.45) is 22.9 Å². The lowest BCUT2D eigenvalue weighted by molar-refractivity contribution is -0.254. The van der Waals surface area contributed by atoms with Crippen molar-refractivity contribution >= 4 is 23.4 Å². The van der Waals surface area contributed by atoms with Gasteiger partial charge in [-0.15, -0.1) is 6.58 Å². The van der Waals surface area contributed by atoms with E-state index in [0.29, 0.717) is 71.5 Å². The van der Waals surface area contributed by atoms with Gasteiger partial charge in [-0.25, -0.2) is 4.79 Å². The number of oxime groups is 1. The van der Waals surface area contributed by atoms with Crippen LogP contribution in [0.2, 0.25) is 0 Å². The Kier molecular flexibility index (Phi) is 16.1. The molecule has 0 radical (unpaired) electrons. The molecule has 15 nitrogen and oxygen atoms in total. The molecule has 6 atom stereocenters. The molecule has 0 aromatic heterocycles. The summed E-state index contributed by atoms with van der Waals surface area (Å²) in [5, 5.41) is 27.8. The number of allylic oxidation sites excluding steroid dienone is 1. The number of ether oxygens (including phenoxy) is 7. The molecule has 1 saturated carbocycles. The Morgan fingerprint density at radius 1 is 0.899 bits per heavy atom. The van der Waals surface area contributed by atoms with Crippen LogP contribution < -0.4 is 33.7 Å². The monoisotopic (exact) mass is 945 g/mol. The maximum atomic E-state index is 15.2. The normalized spacial score (nSPS) is 22.3. The van der Waals surface area contributed by atoms with Crippen molar-refractivity contribution in [2.75, 3.05) is 52.7 Å². The van der Waals surface area contributed by atoms with Crippen molar-refractivity contribution in [1.29, 1.82) is 0 Å². The Balaban J connectivity index is 1.29. The molecular formula is C54H63N3O12. The average Bonchev–Trinajstić information content (AvgIpc) is 3.85. The first kappa shape index (κ1) is 48.9. The number of hydrogen-bond donors (Lipinski definition) is 3. The van der Waals surface area contributed by atoms with Crippen LogP contribution in [0.3, 0.4) is 0 Å². The van der Waals surface area contributed by atoms with Crippen LogP contribution >= 0.6 is 0 Å². The van der Waals surface area contributed by atoms with Crippen LogP contribution in [0.5, 0.6) is 34.5 Å². The minimum atomic E-state index is -1.49. The van der Waals surface area contributed by atoms with Crippen molar-refractivity contribution in [3.8, 4) is 34.5 Å². The zero-order valence-corrected chi connectivity index (χ0v) is 39.6. The highest BCUT2D eigenvalue weighted by molar-refractivity contribution is 6.03. The second-order valence-electron chi connectivity index (χ2n) is 17.7. The van der Waals surface area contributed by atoms with Gasteiger partial charge in [0.2, 0.25) is 12.6 Å². The van der Waals surface area contributed by atoms with Gasteiger partial charge in [-0.05, 0) is 104 Å². The summed E-state index contributed by atoms with van der Waals surface area (Å²) in [5.41, 5.74) is 4.10. The van der Waals surface area contributed by atoms with Crippen LogP contribution in [-0.4, -0.2) is 92.0 Å². The number of unbranched alkanes of at least 4 members (excludes halogenated alkanes) is 2. The summed E-state index contributed by atoms with van der Waals surface area (Å²) < 4.78 is 42.8. The van der Waals surface area contributed by atoms with E-state index >= 15 is 4.79 Å².